The summed E-state index contributed by atoms with van der Waals surface area (Å²) in [5.74, 6) is 1.88. The van der Waals surface area contributed by atoms with Gasteiger partial charge in [-0.3, -0.25) is 4.79 Å². The molecule has 2 aliphatic rings. The first kappa shape index (κ1) is 23.4. The summed E-state index contributed by atoms with van der Waals surface area (Å²) in [5, 5.41) is 4.46. The number of nitrogens with zero attached hydrogens (tertiary/aromatic N) is 2. The lowest BCUT2D eigenvalue weighted by molar-refractivity contribution is -0.128. The highest BCUT2D eigenvalue weighted by atomic mass is 16.2. The number of para-hydroxylation sites is 1. The minimum atomic E-state index is -0.364. The lowest BCUT2D eigenvalue weighted by Gasteiger charge is -2.42. The summed E-state index contributed by atoms with van der Waals surface area (Å²) in [5.41, 5.74) is 2.18. The maximum atomic E-state index is 12.5. The van der Waals surface area contributed by atoms with Crippen molar-refractivity contribution in [3.63, 3.8) is 0 Å². The van der Waals surface area contributed by atoms with Gasteiger partial charge in [-0.1, -0.05) is 52.8 Å². The Kier molecular flexibility index (Phi) is 7.00. The van der Waals surface area contributed by atoms with Gasteiger partial charge in [0, 0.05) is 41.8 Å². The SMILES string of the molecule is CC(C)[C@H]1CC[C@@H](N2CCC(n3c(CNC(=O)C(C)(C)C)cc4ccccc43)CC2)CC1. The summed E-state index contributed by atoms with van der Waals surface area (Å²) in [7, 11) is 0. The Labute approximate surface area is 194 Å². The molecule has 2 heterocycles. The van der Waals surface area contributed by atoms with Gasteiger partial charge in [-0.2, -0.15) is 0 Å². The summed E-state index contributed by atoms with van der Waals surface area (Å²) in [6, 6.07) is 12.3. The summed E-state index contributed by atoms with van der Waals surface area (Å²) in [4.78, 5) is 15.3. The van der Waals surface area contributed by atoms with Crippen molar-refractivity contribution >= 4 is 16.8 Å². The van der Waals surface area contributed by atoms with Crippen molar-refractivity contribution in [2.24, 2.45) is 17.3 Å². The summed E-state index contributed by atoms with van der Waals surface area (Å²) in [6.07, 6.45) is 7.96. The molecule has 1 aliphatic heterocycles. The number of benzene rings is 1. The monoisotopic (exact) mass is 437 g/mol. The maximum absolute atomic E-state index is 12.5. The van der Waals surface area contributed by atoms with Crippen LogP contribution in [0.1, 0.15) is 84.9 Å². The van der Waals surface area contributed by atoms with Crippen LogP contribution < -0.4 is 5.32 Å². The summed E-state index contributed by atoms with van der Waals surface area (Å²) < 4.78 is 2.53. The van der Waals surface area contributed by atoms with E-state index in [0.29, 0.717) is 12.6 Å². The molecule has 4 heteroatoms. The zero-order chi connectivity index (χ0) is 22.9. The third-order valence-electron chi connectivity index (χ3n) is 8.00. The summed E-state index contributed by atoms with van der Waals surface area (Å²) >= 11 is 0. The van der Waals surface area contributed by atoms with Gasteiger partial charge in [0.2, 0.25) is 5.91 Å². The Morgan fingerprint density at radius 3 is 2.28 bits per heavy atom. The molecule has 0 unspecified atom stereocenters. The average molecular weight is 438 g/mol. The molecule has 1 aromatic carbocycles. The van der Waals surface area contributed by atoms with Gasteiger partial charge in [0.1, 0.15) is 0 Å². The Bertz CT molecular complexity index is 906. The highest BCUT2D eigenvalue weighted by molar-refractivity contribution is 5.83. The number of piperidine rings is 1. The van der Waals surface area contributed by atoms with E-state index >= 15 is 0 Å². The Morgan fingerprint density at radius 2 is 1.66 bits per heavy atom. The molecule has 1 amide bonds. The van der Waals surface area contributed by atoms with E-state index in [0.717, 1.165) is 17.9 Å². The van der Waals surface area contributed by atoms with Gasteiger partial charge in [-0.15, -0.1) is 0 Å². The quantitative estimate of drug-likeness (QED) is 0.609. The lowest BCUT2D eigenvalue weighted by atomic mass is 9.79. The average Bonchev–Trinajstić information content (AvgIpc) is 3.15. The van der Waals surface area contributed by atoms with E-state index in [1.807, 2.05) is 20.8 Å². The number of hydrogen-bond acceptors (Lipinski definition) is 2. The van der Waals surface area contributed by atoms with Crippen molar-refractivity contribution < 1.29 is 4.79 Å². The fraction of sp³-hybridized carbons (Fsp3) is 0.679. The number of amides is 1. The Hall–Kier alpha value is -1.81. The Balaban J connectivity index is 1.44. The van der Waals surface area contributed by atoms with Crippen LogP contribution in [0.15, 0.2) is 30.3 Å². The van der Waals surface area contributed by atoms with E-state index in [-0.39, 0.29) is 11.3 Å². The van der Waals surface area contributed by atoms with Crippen LogP contribution in [0, 0.1) is 17.3 Å². The molecule has 0 atom stereocenters. The number of carbonyl (C=O) groups excluding carboxylic acids is 1. The van der Waals surface area contributed by atoms with Crippen molar-refractivity contribution in [2.45, 2.75) is 91.8 Å². The normalized spacial score (nSPS) is 23.7. The van der Waals surface area contributed by atoms with Crippen molar-refractivity contribution in [3.05, 3.63) is 36.0 Å². The second kappa shape index (κ2) is 9.59. The van der Waals surface area contributed by atoms with E-state index in [4.69, 9.17) is 0 Å². The largest absolute Gasteiger partial charge is 0.350 e. The van der Waals surface area contributed by atoms with Gasteiger partial charge in [0.05, 0.1) is 6.54 Å². The first-order chi connectivity index (χ1) is 15.2. The Morgan fingerprint density at radius 1 is 1.00 bits per heavy atom. The molecule has 1 saturated carbocycles. The second-order valence-electron chi connectivity index (χ2n) is 11.6. The standard InChI is InChI=1S/C28H43N3O/c1-20(2)21-10-12-23(13-11-21)30-16-14-24(15-17-30)31-25(19-29-27(32)28(3,4)5)18-22-8-6-7-9-26(22)31/h6-9,18,20-21,23-24H,10-17,19H2,1-5H3,(H,29,32)/t21-,23+. The van der Waals surface area contributed by atoms with Gasteiger partial charge in [-0.25, -0.2) is 0 Å². The predicted octanol–water partition coefficient (Wildman–Crippen LogP) is 6.16. The molecule has 1 aromatic heterocycles. The number of hydrogen-bond donors (Lipinski definition) is 1. The molecule has 0 bridgehead atoms. The summed E-state index contributed by atoms with van der Waals surface area (Å²) in [6.45, 7) is 13.7. The number of carbonyl (C=O) groups is 1. The predicted molar refractivity (Wildman–Crippen MR) is 134 cm³/mol. The number of rotatable bonds is 5. The molecular formula is C28H43N3O. The third kappa shape index (κ3) is 5.06. The second-order valence-corrected chi connectivity index (χ2v) is 11.6. The molecule has 2 aromatic rings. The maximum Gasteiger partial charge on any atom is 0.225 e. The third-order valence-corrected chi connectivity index (χ3v) is 8.00. The van der Waals surface area contributed by atoms with E-state index < -0.39 is 0 Å². The van der Waals surface area contributed by atoms with E-state index in [1.165, 1.54) is 68.2 Å². The van der Waals surface area contributed by atoms with Crippen molar-refractivity contribution in [1.82, 2.24) is 14.8 Å². The smallest absolute Gasteiger partial charge is 0.225 e. The molecular weight excluding hydrogens is 394 g/mol. The minimum Gasteiger partial charge on any atom is -0.350 e. The first-order valence-corrected chi connectivity index (χ1v) is 12.8. The van der Waals surface area contributed by atoms with E-state index in [2.05, 4.69) is 59.0 Å². The number of aromatic nitrogens is 1. The fourth-order valence-corrected chi connectivity index (χ4v) is 5.88. The minimum absolute atomic E-state index is 0.112. The highest BCUT2D eigenvalue weighted by Gasteiger charge is 2.31. The van der Waals surface area contributed by atoms with Gasteiger partial charge in [-0.05, 0) is 67.9 Å². The molecule has 1 saturated heterocycles. The fourth-order valence-electron chi connectivity index (χ4n) is 5.88. The zero-order valence-corrected chi connectivity index (χ0v) is 20.9. The van der Waals surface area contributed by atoms with Crippen molar-refractivity contribution in [3.8, 4) is 0 Å². The van der Waals surface area contributed by atoms with Gasteiger partial charge >= 0.3 is 0 Å². The number of nitrogens with one attached hydrogen (secondary N) is 1. The first-order valence-electron chi connectivity index (χ1n) is 12.8. The van der Waals surface area contributed by atoms with Crippen LogP contribution in [0.25, 0.3) is 10.9 Å². The number of fused-ring (bicyclic) bond motifs is 1. The van der Waals surface area contributed by atoms with Gasteiger partial charge in [0.25, 0.3) is 0 Å². The lowest BCUT2D eigenvalue weighted by Crippen LogP contribution is -2.44. The molecule has 0 spiro atoms. The van der Waals surface area contributed by atoms with E-state index in [1.54, 1.807) is 0 Å². The topological polar surface area (TPSA) is 37.3 Å². The van der Waals surface area contributed by atoms with Crippen LogP contribution in [0.4, 0.5) is 0 Å². The van der Waals surface area contributed by atoms with Crippen LogP contribution >= 0.6 is 0 Å². The molecule has 2 fully saturated rings. The molecule has 4 nitrogen and oxygen atoms in total. The van der Waals surface area contributed by atoms with Crippen molar-refractivity contribution in [2.75, 3.05) is 13.1 Å². The van der Waals surface area contributed by atoms with Crippen LogP contribution in [0.3, 0.4) is 0 Å². The highest BCUT2D eigenvalue weighted by Crippen LogP contribution is 2.36. The van der Waals surface area contributed by atoms with E-state index in [9.17, 15) is 4.79 Å². The zero-order valence-electron chi connectivity index (χ0n) is 20.9. The van der Waals surface area contributed by atoms with Crippen LogP contribution in [-0.2, 0) is 11.3 Å². The molecule has 1 N–H and O–H groups in total. The molecule has 4 rings (SSSR count). The molecule has 176 valence electrons. The van der Waals surface area contributed by atoms with Crippen LogP contribution in [-0.4, -0.2) is 34.5 Å². The van der Waals surface area contributed by atoms with Gasteiger partial charge < -0.3 is 14.8 Å². The van der Waals surface area contributed by atoms with Crippen molar-refractivity contribution in [1.29, 1.82) is 0 Å². The van der Waals surface area contributed by atoms with Gasteiger partial charge in [0.15, 0.2) is 0 Å². The molecule has 32 heavy (non-hydrogen) atoms. The van der Waals surface area contributed by atoms with Crippen LogP contribution in [0.2, 0.25) is 0 Å². The number of likely N-dealkylation sites (tertiary alicyclic amines) is 1. The van der Waals surface area contributed by atoms with Crippen LogP contribution in [0.5, 0.6) is 0 Å². The molecule has 0 radical (unpaired) electrons. The molecule has 1 aliphatic carbocycles.